The molecule has 8 heteroatoms. The predicted octanol–water partition coefficient (Wildman–Crippen LogP) is 4.28. The van der Waals surface area contributed by atoms with Crippen molar-refractivity contribution in [2.24, 2.45) is 0 Å². The zero-order valence-electron chi connectivity index (χ0n) is 13.0. The number of rotatable bonds is 6. The van der Waals surface area contributed by atoms with Gasteiger partial charge in [0.2, 0.25) is 9.70 Å². The third kappa shape index (κ3) is 8.06. The van der Waals surface area contributed by atoms with Gasteiger partial charge >= 0.3 is 0 Å². The molecule has 0 aliphatic carbocycles. The van der Waals surface area contributed by atoms with E-state index in [4.69, 9.17) is 47.0 Å². The van der Waals surface area contributed by atoms with Crippen LogP contribution in [0.3, 0.4) is 0 Å². The van der Waals surface area contributed by atoms with Crippen LogP contribution < -0.4 is 16.0 Å². The fourth-order valence-corrected chi connectivity index (χ4v) is 2.27. The number of hydrogen-bond acceptors (Lipinski definition) is 2. The van der Waals surface area contributed by atoms with Gasteiger partial charge in [0.05, 0.1) is 0 Å². The highest BCUT2D eigenvalue weighted by Gasteiger charge is 2.34. The lowest BCUT2D eigenvalue weighted by atomic mass is 10.2. The number of halogens is 3. The van der Waals surface area contributed by atoms with E-state index in [2.05, 4.69) is 16.0 Å². The summed E-state index contributed by atoms with van der Waals surface area (Å²) in [5.74, 6) is -0.200. The van der Waals surface area contributed by atoms with Crippen molar-refractivity contribution in [2.45, 2.75) is 43.1 Å². The van der Waals surface area contributed by atoms with E-state index >= 15 is 0 Å². The second kappa shape index (κ2) is 9.52. The topological polar surface area (TPSA) is 53.2 Å². The highest BCUT2D eigenvalue weighted by atomic mass is 35.6. The second-order valence-electron chi connectivity index (χ2n) is 5.11. The summed E-state index contributed by atoms with van der Waals surface area (Å²) in [6.45, 7) is 3.99. The van der Waals surface area contributed by atoms with Gasteiger partial charge in [-0.05, 0) is 37.7 Å². The molecule has 0 saturated carbocycles. The van der Waals surface area contributed by atoms with E-state index in [9.17, 15) is 4.79 Å². The summed E-state index contributed by atoms with van der Waals surface area (Å²) >= 11 is 22.9. The molecule has 0 aliphatic heterocycles. The highest BCUT2D eigenvalue weighted by Crippen LogP contribution is 2.29. The molecule has 0 saturated heterocycles. The van der Waals surface area contributed by atoms with Crippen molar-refractivity contribution in [3.63, 3.8) is 0 Å². The average molecular weight is 397 g/mol. The van der Waals surface area contributed by atoms with E-state index in [1.165, 1.54) is 0 Å². The molecule has 0 aliphatic rings. The average Bonchev–Trinajstić information content (AvgIpc) is 2.46. The van der Waals surface area contributed by atoms with Crippen molar-refractivity contribution in [1.29, 1.82) is 0 Å². The lowest BCUT2D eigenvalue weighted by Gasteiger charge is -2.27. The molecule has 1 rings (SSSR count). The number of thiocarbonyl (C=S) groups is 1. The molecule has 0 unspecified atom stereocenters. The summed E-state index contributed by atoms with van der Waals surface area (Å²) in [6, 6.07) is 7.66. The van der Waals surface area contributed by atoms with E-state index in [0.29, 0.717) is 6.42 Å². The Labute approximate surface area is 157 Å². The Morgan fingerprint density at radius 2 is 1.83 bits per heavy atom. The quantitative estimate of drug-likeness (QED) is 0.381. The minimum atomic E-state index is -1.74. The summed E-state index contributed by atoms with van der Waals surface area (Å²) in [4.78, 5) is 11.8. The second-order valence-corrected chi connectivity index (χ2v) is 7.89. The van der Waals surface area contributed by atoms with Gasteiger partial charge in [0.1, 0.15) is 6.17 Å². The van der Waals surface area contributed by atoms with E-state index in [1.54, 1.807) is 0 Å². The molecule has 0 aromatic heterocycles. The van der Waals surface area contributed by atoms with Gasteiger partial charge in [-0.1, -0.05) is 65.8 Å². The fraction of sp³-hybridized carbons (Fsp3) is 0.467. The first-order valence-corrected chi connectivity index (χ1v) is 8.77. The zero-order chi connectivity index (χ0) is 17.5. The molecule has 23 heavy (non-hydrogen) atoms. The Balaban J connectivity index is 2.63. The third-order valence-corrected chi connectivity index (χ3v) is 3.85. The van der Waals surface area contributed by atoms with Crippen LogP contribution in [0.2, 0.25) is 0 Å². The number of anilines is 1. The summed E-state index contributed by atoms with van der Waals surface area (Å²) < 4.78 is -1.74. The van der Waals surface area contributed by atoms with E-state index in [-0.39, 0.29) is 11.0 Å². The zero-order valence-corrected chi connectivity index (χ0v) is 16.0. The normalized spacial score (nSPS) is 12.4. The largest absolute Gasteiger partial charge is 0.339 e. The maximum absolute atomic E-state index is 11.8. The van der Waals surface area contributed by atoms with E-state index in [1.807, 2.05) is 38.1 Å². The predicted molar refractivity (Wildman–Crippen MR) is 102 cm³/mol. The lowest BCUT2D eigenvalue weighted by molar-refractivity contribution is -0.122. The van der Waals surface area contributed by atoms with Crippen molar-refractivity contribution in [2.75, 3.05) is 5.32 Å². The van der Waals surface area contributed by atoms with E-state index < -0.39 is 9.96 Å². The van der Waals surface area contributed by atoms with Crippen LogP contribution in [-0.4, -0.2) is 21.0 Å². The van der Waals surface area contributed by atoms with Crippen LogP contribution in [0, 0.1) is 6.92 Å². The molecule has 0 fully saturated rings. The molecule has 0 bridgehead atoms. The fourth-order valence-electron chi connectivity index (χ4n) is 1.71. The van der Waals surface area contributed by atoms with Crippen molar-refractivity contribution in [1.82, 2.24) is 10.6 Å². The molecule has 4 nitrogen and oxygen atoms in total. The van der Waals surface area contributed by atoms with Gasteiger partial charge in [0.25, 0.3) is 0 Å². The van der Waals surface area contributed by atoms with Crippen molar-refractivity contribution >= 4 is 63.7 Å². The number of nitrogens with one attached hydrogen (secondary N) is 3. The summed E-state index contributed by atoms with van der Waals surface area (Å²) in [6.07, 6.45) is 1.12. The number of benzene rings is 1. The SMILES string of the molecule is CCCCC(=O)N[C@H](NC(=S)Nc1ccc(C)cc1)C(Cl)(Cl)Cl. The number of aryl methyl sites for hydroxylation is 1. The number of amides is 1. The maximum Gasteiger partial charge on any atom is 0.228 e. The van der Waals surface area contributed by atoms with Crippen LogP contribution in [0.4, 0.5) is 5.69 Å². The van der Waals surface area contributed by atoms with Crippen molar-refractivity contribution < 1.29 is 4.79 Å². The first-order valence-electron chi connectivity index (χ1n) is 7.22. The van der Waals surface area contributed by atoms with Crippen molar-refractivity contribution in [3.05, 3.63) is 29.8 Å². The monoisotopic (exact) mass is 395 g/mol. The number of hydrogen-bond donors (Lipinski definition) is 3. The van der Waals surface area contributed by atoms with Gasteiger partial charge in [-0.25, -0.2) is 0 Å². The van der Waals surface area contributed by atoms with Gasteiger partial charge in [-0.2, -0.15) is 0 Å². The molecular weight excluding hydrogens is 377 g/mol. The molecule has 128 valence electrons. The molecule has 1 aromatic rings. The summed E-state index contributed by atoms with van der Waals surface area (Å²) in [5, 5.41) is 8.70. The van der Waals surface area contributed by atoms with Gasteiger partial charge in [0.15, 0.2) is 5.11 Å². The Hall–Kier alpha value is -0.750. The minimum Gasteiger partial charge on any atom is -0.339 e. The number of alkyl halides is 3. The van der Waals surface area contributed by atoms with Crippen LogP contribution in [0.1, 0.15) is 31.7 Å². The summed E-state index contributed by atoms with van der Waals surface area (Å²) in [7, 11) is 0. The molecular formula is C15H20Cl3N3OS. The van der Waals surface area contributed by atoms with Crippen LogP contribution in [0.5, 0.6) is 0 Å². The standard InChI is InChI=1S/C15H20Cl3N3OS/c1-3-4-5-12(22)20-13(15(16,17)18)21-14(23)19-11-8-6-10(2)7-9-11/h6-9,13H,3-5H2,1-2H3,(H,20,22)(H2,19,21,23)/t13-/m1/s1. The van der Waals surface area contributed by atoms with Gasteiger partial charge in [-0.15, -0.1) is 0 Å². The van der Waals surface area contributed by atoms with Gasteiger partial charge in [0, 0.05) is 12.1 Å². The van der Waals surface area contributed by atoms with Gasteiger partial charge < -0.3 is 16.0 Å². The molecule has 1 amide bonds. The molecule has 0 heterocycles. The number of carbonyl (C=O) groups excluding carboxylic acids is 1. The molecule has 0 radical (unpaired) electrons. The van der Waals surface area contributed by atoms with E-state index in [0.717, 1.165) is 24.1 Å². The molecule has 0 spiro atoms. The minimum absolute atomic E-state index is 0.200. The Morgan fingerprint density at radius 3 is 2.35 bits per heavy atom. The first-order chi connectivity index (χ1) is 10.7. The van der Waals surface area contributed by atoms with Crippen LogP contribution in [0.25, 0.3) is 0 Å². The van der Waals surface area contributed by atoms with Crippen LogP contribution >= 0.6 is 47.0 Å². The Morgan fingerprint density at radius 1 is 1.22 bits per heavy atom. The van der Waals surface area contributed by atoms with Crippen LogP contribution in [0.15, 0.2) is 24.3 Å². The van der Waals surface area contributed by atoms with Crippen LogP contribution in [-0.2, 0) is 4.79 Å². The maximum atomic E-state index is 11.8. The molecule has 1 atom stereocenters. The van der Waals surface area contributed by atoms with Crippen molar-refractivity contribution in [3.8, 4) is 0 Å². The third-order valence-electron chi connectivity index (χ3n) is 2.97. The van der Waals surface area contributed by atoms with Gasteiger partial charge in [-0.3, -0.25) is 4.79 Å². The lowest BCUT2D eigenvalue weighted by Crippen LogP contribution is -2.56. The Kier molecular flexibility index (Phi) is 8.40. The number of carbonyl (C=O) groups is 1. The smallest absolute Gasteiger partial charge is 0.228 e. The molecule has 3 N–H and O–H groups in total. The summed E-state index contributed by atoms with van der Waals surface area (Å²) in [5.41, 5.74) is 1.94. The molecule has 1 aromatic carbocycles. The Bertz CT molecular complexity index is 532. The first kappa shape index (κ1) is 20.3. The highest BCUT2D eigenvalue weighted by molar-refractivity contribution is 7.80. The number of unbranched alkanes of at least 4 members (excludes halogenated alkanes) is 1.